The Morgan fingerprint density at radius 1 is 0.913 bits per heavy atom. The summed E-state index contributed by atoms with van der Waals surface area (Å²) in [5.74, 6) is -0.109. The molecule has 1 heterocycles. The summed E-state index contributed by atoms with van der Waals surface area (Å²) in [5, 5.41) is 7.15. The van der Waals surface area contributed by atoms with Gasteiger partial charge in [0.05, 0.1) is 33.0 Å². The lowest BCUT2D eigenvalue weighted by molar-refractivity contribution is 0.579. The van der Waals surface area contributed by atoms with Crippen LogP contribution in [0.1, 0.15) is 39.5 Å². The molecule has 0 fully saturated rings. The van der Waals surface area contributed by atoms with Crippen LogP contribution in [0.25, 0.3) is 10.9 Å². The van der Waals surface area contributed by atoms with Crippen LogP contribution in [0.2, 0.25) is 0 Å². The molecule has 0 radical (unpaired) electrons. The van der Waals surface area contributed by atoms with Crippen molar-refractivity contribution < 1.29 is 16.8 Å². The molecule has 2 aromatic rings. The van der Waals surface area contributed by atoms with Gasteiger partial charge in [-0.25, -0.2) is 16.8 Å². The Balaban J connectivity index is 2.64. The maximum absolute atomic E-state index is 12.6. The van der Waals surface area contributed by atoms with Crippen molar-refractivity contribution in [3.05, 3.63) is 18.3 Å². The average molecular weight is 358 g/mol. The molecule has 2 rings (SSSR count). The molecule has 0 saturated carbocycles. The van der Waals surface area contributed by atoms with E-state index in [1.165, 1.54) is 18.3 Å². The third-order valence-corrected chi connectivity index (χ3v) is 7.51. The van der Waals surface area contributed by atoms with Gasteiger partial charge in [-0.2, -0.15) is 5.10 Å². The molecular formula is C15H22N2O4S2. The lowest BCUT2D eigenvalue weighted by Crippen LogP contribution is -2.15. The van der Waals surface area contributed by atoms with Gasteiger partial charge in [-0.3, -0.25) is 5.10 Å². The Morgan fingerprint density at radius 2 is 1.43 bits per heavy atom. The van der Waals surface area contributed by atoms with E-state index >= 15 is 0 Å². The molecule has 0 bridgehead atoms. The standard InChI is InChI=1S/C15H22N2O4S2/c1-3-5-7-22(18,19)14-9-12-11-16-17-13(12)10-15(14)23(20,21)8-6-4-2/h9-11H,3-8H2,1-2H3,(H,16,17). The minimum atomic E-state index is -3.66. The second kappa shape index (κ2) is 7.00. The molecule has 8 heteroatoms. The lowest BCUT2D eigenvalue weighted by Gasteiger charge is -2.11. The molecule has 1 N–H and O–H groups in total. The highest BCUT2D eigenvalue weighted by Gasteiger charge is 2.27. The number of unbranched alkanes of at least 4 members (excludes halogenated alkanes) is 2. The monoisotopic (exact) mass is 358 g/mol. The maximum Gasteiger partial charge on any atom is 0.179 e. The minimum absolute atomic E-state index is 0.0524. The van der Waals surface area contributed by atoms with Gasteiger partial charge in [-0.05, 0) is 25.0 Å². The van der Waals surface area contributed by atoms with Gasteiger partial charge >= 0.3 is 0 Å². The van der Waals surface area contributed by atoms with Crippen LogP contribution < -0.4 is 0 Å². The van der Waals surface area contributed by atoms with Crippen molar-refractivity contribution in [2.24, 2.45) is 0 Å². The van der Waals surface area contributed by atoms with Gasteiger partial charge in [0.25, 0.3) is 0 Å². The van der Waals surface area contributed by atoms with Crippen molar-refractivity contribution in [3.8, 4) is 0 Å². The van der Waals surface area contributed by atoms with Crippen molar-refractivity contribution in [2.75, 3.05) is 11.5 Å². The van der Waals surface area contributed by atoms with Crippen molar-refractivity contribution in [1.82, 2.24) is 10.2 Å². The molecular weight excluding hydrogens is 336 g/mol. The second-order valence-corrected chi connectivity index (χ2v) is 9.76. The molecule has 1 aromatic heterocycles. The van der Waals surface area contributed by atoms with Crippen molar-refractivity contribution >= 4 is 30.6 Å². The molecule has 0 spiro atoms. The highest BCUT2D eigenvalue weighted by Crippen LogP contribution is 2.29. The first-order chi connectivity index (χ1) is 10.8. The quantitative estimate of drug-likeness (QED) is 0.782. The number of aromatic nitrogens is 2. The lowest BCUT2D eigenvalue weighted by atomic mass is 10.2. The minimum Gasteiger partial charge on any atom is -0.278 e. The molecule has 0 atom stereocenters. The van der Waals surface area contributed by atoms with E-state index in [9.17, 15) is 16.8 Å². The molecule has 1 aromatic carbocycles. The van der Waals surface area contributed by atoms with E-state index in [1.54, 1.807) is 0 Å². The van der Waals surface area contributed by atoms with Crippen LogP contribution in [0.4, 0.5) is 0 Å². The molecule has 128 valence electrons. The molecule has 6 nitrogen and oxygen atoms in total. The summed E-state index contributed by atoms with van der Waals surface area (Å²) < 4.78 is 50.4. The molecule has 0 aliphatic rings. The summed E-state index contributed by atoms with van der Waals surface area (Å²) in [7, 11) is -7.31. The molecule has 23 heavy (non-hydrogen) atoms. The fourth-order valence-electron chi connectivity index (χ4n) is 2.33. The summed E-state index contributed by atoms with van der Waals surface area (Å²) in [4.78, 5) is -0.213. The third kappa shape index (κ3) is 3.92. The number of sulfone groups is 2. The Labute approximate surface area is 137 Å². The van der Waals surface area contributed by atoms with Crippen molar-refractivity contribution in [3.63, 3.8) is 0 Å². The van der Waals surface area contributed by atoms with E-state index in [-0.39, 0.29) is 21.3 Å². The number of benzene rings is 1. The van der Waals surface area contributed by atoms with Crippen LogP contribution in [-0.2, 0) is 19.7 Å². The van der Waals surface area contributed by atoms with Crippen LogP contribution >= 0.6 is 0 Å². The SMILES string of the molecule is CCCCS(=O)(=O)c1cc2cn[nH]c2cc1S(=O)(=O)CCCC. The van der Waals surface area contributed by atoms with Crippen LogP contribution in [0.15, 0.2) is 28.1 Å². The highest BCUT2D eigenvalue weighted by atomic mass is 32.2. The molecule has 0 amide bonds. The van der Waals surface area contributed by atoms with Gasteiger partial charge in [-0.15, -0.1) is 0 Å². The maximum atomic E-state index is 12.6. The summed E-state index contributed by atoms with van der Waals surface area (Å²) in [5.41, 5.74) is 0.523. The van der Waals surface area contributed by atoms with Gasteiger partial charge in [0, 0.05) is 5.39 Å². The molecule has 0 saturated heterocycles. The first kappa shape index (κ1) is 17.9. The average Bonchev–Trinajstić information content (AvgIpc) is 2.97. The van der Waals surface area contributed by atoms with E-state index in [1.807, 2.05) is 13.8 Å². The third-order valence-electron chi connectivity index (χ3n) is 3.71. The number of aromatic amines is 1. The summed E-state index contributed by atoms with van der Waals surface area (Å²) in [6.07, 6.45) is 3.95. The van der Waals surface area contributed by atoms with Crippen molar-refractivity contribution in [1.29, 1.82) is 0 Å². The number of hydrogen-bond acceptors (Lipinski definition) is 5. The molecule has 0 aliphatic heterocycles. The molecule has 0 unspecified atom stereocenters. The van der Waals surface area contributed by atoms with Crippen LogP contribution in [0.3, 0.4) is 0 Å². The number of fused-ring (bicyclic) bond motifs is 1. The zero-order valence-corrected chi connectivity index (χ0v) is 15.0. The topological polar surface area (TPSA) is 97.0 Å². The van der Waals surface area contributed by atoms with Crippen LogP contribution in [0, 0.1) is 0 Å². The number of nitrogens with zero attached hydrogens (tertiary/aromatic N) is 1. The largest absolute Gasteiger partial charge is 0.278 e. The fraction of sp³-hybridized carbons (Fsp3) is 0.533. The number of hydrogen-bond donors (Lipinski definition) is 1. The smallest absolute Gasteiger partial charge is 0.179 e. The summed E-state index contributed by atoms with van der Waals surface area (Å²) in [6.45, 7) is 3.79. The van der Waals surface area contributed by atoms with Gasteiger partial charge in [0.1, 0.15) is 0 Å². The zero-order chi connectivity index (χ0) is 17.1. The fourth-order valence-corrected chi connectivity index (χ4v) is 6.20. The number of H-pyrrole nitrogens is 1. The number of rotatable bonds is 8. The van der Waals surface area contributed by atoms with E-state index in [0.717, 1.165) is 12.8 Å². The Kier molecular flexibility index (Phi) is 5.46. The van der Waals surface area contributed by atoms with Gasteiger partial charge < -0.3 is 0 Å². The van der Waals surface area contributed by atoms with Crippen LogP contribution in [0.5, 0.6) is 0 Å². The normalized spacial score (nSPS) is 12.8. The number of nitrogens with one attached hydrogen (secondary N) is 1. The van der Waals surface area contributed by atoms with Gasteiger partial charge in [0.2, 0.25) is 0 Å². The van der Waals surface area contributed by atoms with E-state index < -0.39 is 19.7 Å². The summed E-state index contributed by atoms with van der Waals surface area (Å²) in [6, 6.07) is 2.81. The zero-order valence-electron chi connectivity index (χ0n) is 13.4. The Hall–Kier alpha value is -1.41. The van der Waals surface area contributed by atoms with E-state index in [4.69, 9.17) is 0 Å². The van der Waals surface area contributed by atoms with Gasteiger partial charge in [0.15, 0.2) is 19.7 Å². The Bertz CT molecular complexity index is 811. The second-order valence-electron chi connectivity index (χ2n) is 5.60. The predicted molar refractivity (Wildman–Crippen MR) is 90.0 cm³/mol. The highest BCUT2D eigenvalue weighted by molar-refractivity contribution is 7.94. The summed E-state index contributed by atoms with van der Waals surface area (Å²) >= 11 is 0. The predicted octanol–water partition coefficient (Wildman–Crippen LogP) is 2.71. The Morgan fingerprint density at radius 3 is 1.96 bits per heavy atom. The first-order valence-corrected chi connectivity index (χ1v) is 11.0. The van der Waals surface area contributed by atoms with Gasteiger partial charge in [-0.1, -0.05) is 26.7 Å². The van der Waals surface area contributed by atoms with E-state index in [0.29, 0.717) is 23.7 Å². The molecule has 0 aliphatic carbocycles. The van der Waals surface area contributed by atoms with E-state index in [2.05, 4.69) is 10.2 Å². The first-order valence-electron chi connectivity index (χ1n) is 7.74. The van der Waals surface area contributed by atoms with Crippen LogP contribution in [-0.4, -0.2) is 38.5 Å². The van der Waals surface area contributed by atoms with Crippen molar-refractivity contribution in [2.45, 2.75) is 49.3 Å².